The van der Waals surface area contributed by atoms with Crippen molar-refractivity contribution in [3.63, 3.8) is 0 Å². The molecule has 1 fully saturated rings. The van der Waals surface area contributed by atoms with Crippen LogP contribution in [0.5, 0.6) is 0 Å². The van der Waals surface area contributed by atoms with Gasteiger partial charge in [-0.3, -0.25) is 9.89 Å². The van der Waals surface area contributed by atoms with Gasteiger partial charge in [0, 0.05) is 37.9 Å². The first kappa shape index (κ1) is 14.6. The number of nitrogens with zero attached hydrogens (tertiary/aromatic N) is 3. The number of Topliss-reactive ketones (excluding diaryl/α,β-unsaturated/α-hetero) is 1. The largest absolute Gasteiger partial charge is 0.323 e. The summed E-state index contributed by atoms with van der Waals surface area (Å²) in [6.07, 6.45) is 4.15. The van der Waals surface area contributed by atoms with Crippen molar-refractivity contribution in [2.45, 2.75) is 25.7 Å². The van der Waals surface area contributed by atoms with Crippen molar-refractivity contribution in [2.75, 3.05) is 5.32 Å². The molecule has 1 aliphatic carbocycles. The van der Waals surface area contributed by atoms with Gasteiger partial charge in [-0.25, -0.2) is 9.97 Å². The Morgan fingerprint density at radius 2 is 2.12 bits per heavy atom. The van der Waals surface area contributed by atoms with Gasteiger partial charge in [-0.05, 0) is 31.9 Å². The van der Waals surface area contributed by atoms with E-state index >= 15 is 0 Å². The lowest BCUT2D eigenvalue weighted by Gasteiger charge is -2.05. The van der Waals surface area contributed by atoms with Crippen molar-refractivity contribution >= 4 is 17.4 Å². The second-order valence-corrected chi connectivity index (χ2v) is 6.01. The van der Waals surface area contributed by atoms with Gasteiger partial charge in [0.25, 0.3) is 0 Å². The monoisotopic (exact) mass is 323 g/mol. The lowest BCUT2D eigenvalue weighted by molar-refractivity contribution is 0.101. The third kappa shape index (κ3) is 3.03. The van der Waals surface area contributed by atoms with E-state index in [2.05, 4.69) is 25.5 Å². The smallest absolute Gasteiger partial charge is 0.161 e. The second-order valence-electron chi connectivity index (χ2n) is 6.01. The van der Waals surface area contributed by atoms with Crippen LogP contribution in [0.4, 0.5) is 11.6 Å². The molecule has 6 heteroatoms. The molecule has 0 atom stereocenters. The van der Waals surface area contributed by atoms with Gasteiger partial charge in [-0.15, -0.1) is 0 Å². The first-order valence-electron chi connectivity index (χ1n) is 7.96. The molecule has 3 aromatic rings. The van der Waals surface area contributed by atoms with Crippen LogP contribution in [-0.4, -0.2) is 25.9 Å². The van der Waals surface area contributed by atoms with Crippen LogP contribution in [-0.2, 0) is 0 Å². The summed E-state index contributed by atoms with van der Waals surface area (Å²) in [7, 11) is 0. The molecule has 2 heterocycles. The highest BCUT2D eigenvalue weighted by molar-refractivity contribution is 5.95. The van der Waals surface area contributed by atoms with Crippen LogP contribution in [0.2, 0.25) is 0 Å². The fourth-order valence-corrected chi connectivity index (χ4v) is 2.58. The van der Waals surface area contributed by atoms with Gasteiger partial charge < -0.3 is 5.32 Å². The summed E-state index contributed by atoms with van der Waals surface area (Å²) >= 11 is 0. The molecule has 2 aromatic heterocycles. The zero-order valence-electron chi connectivity index (χ0n) is 13.3. The van der Waals surface area contributed by atoms with E-state index < -0.39 is 0 Å². The number of carbonyl (C=O) groups excluding carboxylic acids is 1. The first-order valence-corrected chi connectivity index (χ1v) is 7.96. The van der Waals surface area contributed by atoms with Crippen LogP contribution in [0.1, 0.15) is 44.6 Å². The summed E-state index contributed by atoms with van der Waals surface area (Å²) in [5.74, 6) is 2.64. The van der Waals surface area contributed by atoms with Crippen LogP contribution in [0, 0.1) is 0 Å². The lowest BCUT2D eigenvalue weighted by Crippen LogP contribution is -1.98. The van der Waals surface area contributed by atoms with Crippen molar-refractivity contribution in [1.82, 2.24) is 20.2 Å². The molecule has 0 unspecified atom stereocenters. The fraction of sp³-hybridized carbons (Fsp3) is 0.222. The molecule has 0 saturated heterocycles. The average molecular weight is 323 g/mol. The summed E-state index contributed by atoms with van der Waals surface area (Å²) in [6.45, 7) is 1.55. The highest BCUT2D eigenvalue weighted by Crippen LogP contribution is 2.39. The topological polar surface area (TPSA) is 83.6 Å². The summed E-state index contributed by atoms with van der Waals surface area (Å²) < 4.78 is 0. The Morgan fingerprint density at radius 3 is 2.92 bits per heavy atom. The molecule has 1 aromatic carbocycles. The molecule has 0 aliphatic heterocycles. The van der Waals surface area contributed by atoms with E-state index in [1.54, 1.807) is 31.3 Å². The van der Waals surface area contributed by atoms with E-state index in [0.717, 1.165) is 11.4 Å². The Bertz CT molecular complexity index is 908. The minimum absolute atomic E-state index is 0. The zero-order chi connectivity index (χ0) is 16.5. The maximum absolute atomic E-state index is 11.5. The molecule has 0 amide bonds. The van der Waals surface area contributed by atoms with Crippen molar-refractivity contribution in [1.29, 1.82) is 0 Å². The van der Waals surface area contributed by atoms with E-state index in [1.807, 2.05) is 18.2 Å². The van der Waals surface area contributed by atoms with Gasteiger partial charge in [-0.1, -0.05) is 18.2 Å². The Kier molecular flexibility index (Phi) is 3.57. The van der Waals surface area contributed by atoms with E-state index in [0.29, 0.717) is 23.1 Å². The number of aromatic amines is 1. The minimum Gasteiger partial charge on any atom is -0.323 e. The number of rotatable bonds is 5. The number of ketones is 1. The first-order chi connectivity index (χ1) is 11.7. The van der Waals surface area contributed by atoms with Crippen LogP contribution in [0.25, 0.3) is 11.4 Å². The van der Waals surface area contributed by atoms with Gasteiger partial charge >= 0.3 is 0 Å². The zero-order valence-corrected chi connectivity index (χ0v) is 13.3. The molecule has 0 spiro atoms. The highest BCUT2D eigenvalue weighted by Gasteiger charge is 2.25. The Morgan fingerprint density at radius 1 is 1.25 bits per heavy atom. The summed E-state index contributed by atoms with van der Waals surface area (Å²) in [5.41, 5.74) is 2.63. The quantitative estimate of drug-likeness (QED) is 0.688. The number of aromatic nitrogens is 4. The molecular weight excluding hydrogens is 302 g/mol. The molecule has 4 rings (SSSR count). The molecule has 1 aliphatic rings. The maximum atomic E-state index is 11.5. The minimum atomic E-state index is 0. The van der Waals surface area contributed by atoms with Gasteiger partial charge in [0.1, 0.15) is 5.82 Å². The Labute approximate surface area is 142 Å². The average Bonchev–Trinajstić information content (AvgIpc) is 3.35. The number of H-pyrrole nitrogens is 1. The molecule has 2 N–H and O–H groups in total. The normalized spacial score (nSPS) is 13.7. The van der Waals surface area contributed by atoms with Gasteiger partial charge in [0.15, 0.2) is 17.4 Å². The molecule has 24 heavy (non-hydrogen) atoms. The summed E-state index contributed by atoms with van der Waals surface area (Å²) in [6, 6.07) is 11.1. The summed E-state index contributed by atoms with van der Waals surface area (Å²) in [4.78, 5) is 20.4. The fourth-order valence-electron chi connectivity index (χ4n) is 2.58. The summed E-state index contributed by atoms with van der Waals surface area (Å²) in [5, 5.41) is 10.5. The number of anilines is 2. The van der Waals surface area contributed by atoms with Gasteiger partial charge in [0.05, 0.1) is 0 Å². The predicted molar refractivity (Wildman–Crippen MR) is 95.5 cm³/mol. The Hall–Kier alpha value is -3.02. The molecule has 6 nitrogen and oxygen atoms in total. The van der Waals surface area contributed by atoms with Crippen molar-refractivity contribution in [3.8, 4) is 11.4 Å². The number of carbonyl (C=O) groups is 1. The van der Waals surface area contributed by atoms with E-state index in [9.17, 15) is 4.79 Å². The van der Waals surface area contributed by atoms with Crippen LogP contribution >= 0.6 is 0 Å². The van der Waals surface area contributed by atoms with E-state index in [4.69, 9.17) is 0 Å². The number of hydrogen-bond acceptors (Lipinski definition) is 5. The third-order valence-corrected chi connectivity index (χ3v) is 4.05. The van der Waals surface area contributed by atoms with Crippen molar-refractivity contribution in [2.24, 2.45) is 0 Å². The third-order valence-electron chi connectivity index (χ3n) is 4.05. The highest BCUT2D eigenvalue weighted by atomic mass is 16.1. The molecule has 1 saturated carbocycles. The van der Waals surface area contributed by atoms with Crippen molar-refractivity contribution < 1.29 is 7.65 Å². The Balaban J connectivity index is 0.00000121. The maximum Gasteiger partial charge on any atom is 0.161 e. The molecule has 0 bridgehead atoms. The number of benzene rings is 1. The molecule has 124 valence electrons. The second kappa shape index (κ2) is 5.88. The molecule has 0 radical (unpaired) electrons. The van der Waals surface area contributed by atoms with Crippen LogP contribution in [0.15, 0.2) is 42.6 Å². The molecular formula is C18H21N5O. The van der Waals surface area contributed by atoms with E-state index in [-0.39, 0.29) is 8.64 Å². The van der Waals surface area contributed by atoms with Crippen LogP contribution < -0.4 is 5.32 Å². The van der Waals surface area contributed by atoms with Gasteiger partial charge in [-0.2, -0.15) is 5.10 Å². The van der Waals surface area contributed by atoms with Gasteiger partial charge in [0.2, 0.25) is 0 Å². The standard InChI is InChI=1S/C18H17N5O.2H2/c1-11(24)13-3-2-4-14(9-13)18-19-8-7-16(21-18)20-17-10-15(22-23-17)12-5-6-12;;/h2-4,7-10,12H,5-6H2,1H3,(H2,19,20,21,22,23);2*1H. The SMILES string of the molecule is CC(=O)c1cccc(-c2nccc(Nc3cc(C4CC4)[nH]n3)n2)c1.[HH].[HH]. The number of hydrogen-bond donors (Lipinski definition) is 2. The van der Waals surface area contributed by atoms with Crippen molar-refractivity contribution in [3.05, 3.63) is 53.9 Å². The van der Waals surface area contributed by atoms with Crippen LogP contribution in [0.3, 0.4) is 0 Å². The predicted octanol–water partition coefficient (Wildman–Crippen LogP) is 4.18. The number of nitrogens with one attached hydrogen (secondary N) is 2. The lowest BCUT2D eigenvalue weighted by atomic mass is 10.1. The van der Waals surface area contributed by atoms with E-state index in [1.165, 1.54) is 18.5 Å².